The van der Waals surface area contributed by atoms with Crippen LogP contribution in [0.4, 0.5) is 4.39 Å². The fourth-order valence-corrected chi connectivity index (χ4v) is 4.57. The minimum atomic E-state index is -1.11. The van der Waals surface area contributed by atoms with Crippen LogP contribution < -0.4 is 5.56 Å². The van der Waals surface area contributed by atoms with Gasteiger partial charge in [-0.2, -0.15) is 5.10 Å². The van der Waals surface area contributed by atoms with E-state index in [2.05, 4.69) is 15.2 Å². The van der Waals surface area contributed by atoms with Crippen molar-refractivity contribution in [1.29, 1.82) is 0 Å². The summed E-state index contributed by atoms with van der Waals surface area (Å²) in [7, 11) is 0. The zero-order chi connectivity index (χ0) is 19.5. The van der Waals surface area contributed by atoms with Crippen LogP contribution in [0.5, 0.6) is 0 Å². The van der Waals surface area contributed by atoms with Crippen molar-refractivity contribution in [2.45, 2.75) is 75.9 Å². The largest absolute Gasteiger partial charge is 0.361 e. The highest BCUT2D eigenvalue weighted by Crippen LogP contribution is 2.48. The molecule has 0 amide bonds. The van der Waals surface area contributed by atoms with E-state index >= 15 is 0 Å². The summed E-state index contributed by atoms with van der Waals surface area (Å²) in [4.78, 5) is 20.4. The summed E-state index contributed by atoms with van der Waals surface area (Å²) >= 11 is 0. The first-order valence-corrected chi connectivity index (χ1v) is 10.0. The lowest BCUT2D eigenvalue weighted by Crippen LogP contribution is -2.29. The Hall–Kier alpha value is -2.51. The Morgan fingerprint density at radius 1 is 1.25 bits per heavy atom. The number of halogens is 1. The van der Waals surface area contributed by atoms with Crippen molar-refractivity contribution in [2.24, 2.45) is 0 Å². The van der Waals surface area contributed by atoms with Crippen molar-refractivity contribution in [3.63, 3.8) is 0 Å². The zero-order valence-corrected chi connectivity index (χ0v) is 16.1. The van der Waals surface area contributed by atoms with Gasteiger partial charge in [0, 0.05) is 17.9 Å². The molecule has 0 aliphatic heterocycles. The molecule has 2 saturated carbocycles. The van der Waals surface area contributed by atoms with E-state index in [0.717, 1.165) is 24.3 Å². The quantitative estimate of drug-likeness (QED) is 0.738. The van der Waals surface area contributed by atoms with Crippen LogP contribution in [0.15, 0.2) is 21.6 Å². The second-order valence-electron chi connectivity index (χ2n) is 8.58. The molecule has 0 bridgehead atoms. The molecule has 3 heterocycles. The zero-order valence-electron chi connectivity index (χ0n) is 16.1. The lowest BCUT2D eigenvalue weighted by atomic mass is 9.71. The van der Waals surface area contributed by atoms with Gasteiger partial charge in [0.15, 0.2) is 5.65 Å². The maximum atomic E-state index is 14.2. The molecule has 7 nitrogen and oxygen atoms in total. The fourth-order valence-electron chi connectivity index (χ4n) is 4.57. The van der Waals surface area contributed by atoms with Crippen LogP contribution in [0.2, 0.25) is 0 Å². The van der Waals surface area contributed by atoms with Gasteiger partial charge in [-0.3, -0.25) is 4.79 Å². The molecule has 2 fully saturated rings. The predicted octanol–water partition coefficient (Wildman–Crippen LogP) is 3.92. The third-order valence-electron chi connectivity index (χ3n) is 6.46. The normalized spacial score (nSPS) is 30.5. The molecule has 0 spiro atoms. The molecular weight excluding hydrogens is 361 g/mol. The van der Waals surface area contributed by atoms with Crippen molar-refractivity contribution in [2.75, 3.05) is 0 Å². The number of rotatable bonds is 3. The topological polar surface area (TPSA) is 89.6 Å². The Morgan fingerprint density at radius 3 is 2.64 bits per heavy atom. The molecule has 0 saturated heterocycles. The maximum Gasteiger partial charge on any atom is 0.262 e. The molecule has 5 rings (SSSR count). The first-order valence-electron chi connectivity index (χ1n) is 10.0. The number of fused-ring (bicyclic) bond motifs is 1. The van der Waals surface area contributed by atoms with Crippen LogP contribution in [0.1, 0.15) is 80.6 Å². The minimum absolute atomic E-state index is 0.0811. The van der Waals surface area contributed by atoms with Crippen LogP contribution in [-0.4, -0.2) is 30.6 Å². The number of aromatic nitrogens is 5. The summed E-state index contributed by atoms with van der Waals surface area (Å²) < 4.78 is 21.4. The number of alkyl halides is 1. The standard InChI is InChI=1S/C20H24FN5O2/c1-11-9-16(28-25-11)13-3-4-14(13)17-23-18-15(19(27)24-17)10-22-26(18)12-5-7-20(2,21)8-6-12/h9-10,12-14H,3-8H2,1-2H3,(H,23,24,27)/t12?,13-,14+,20?/m1/s1. The van der Waals surface area contributed by atoms with Gasteiger partial charge in [0.05, 0.1) is 17.9 Å². The van der Waals surface area contributed by atoms with Gasteiger partial charge in [0.25, 0.3) is 5.56 Å². The summed E-state index contributed by atoms with van der Waals surface area (Å²) in [6, 6.07) is 2.03. The molecule has 148 valence electrons. The molecular formula is C20H24FN5O2. The van der Waals surface area contributed by atoms with Gasteiger partial charge in [0.2, 0.25) is 0 Å². The first-order chi connectivity index (χ1) is 13.4. The van der Waals surface area contributed by atoms with Gasteiger partial charge in [-0.05, 0) is 52.4 Å². The van der Waals surface area contributed by atoms with Gasteiger partial charge in [-0.1, -0.05) is 5.16 Å². The number of nitrogens with one attached hydrogen (secondary N) is 1. The average Bonchev–Trinajstić information content (AvgIpc) is 3.21. The number of hydrogen-bond acceptors (Lipinski definition) is 5. The first kappa shape index (κ1) is 17.6. The fraction of sp³-hybridized carbons (Fsp3) is 0.600. The van der Waals surface area contributed by atoms with Crippen molar-refractivity contribution in [3.8, 4) is 0 Å². The van der Waals surface area contributed by atoms with Gasteiger partial charge < -0.3 is 9.51 Å². The van der Waals surface area contributed by atoms with E-state index in [-0.39, 0.29) is 23.4 Å². The molecule has 8 heteroatoms. The highest BCUT2D eigenvalue weighted by atomic mass is 19.1. The molecule has 0 unspecified atom stereocenters. The Bertz CT molecular complexity index is 1070. The SMILES string of the molecule is Cc1cc([C@@H]2CC[C@@H]2c2nc3c(cnn3C3CCC(C)(F)CC3)c(=O)[nH]2)on1. The summed E-state index contributed by atoms with van der Waals surface area (Å²) in [5.74, 6) is 1.81. The van der Waals surface area contributed by atoms with Gasteiger partial charge in [-0.15, -0.1) is 0 Å². The average molecular weight is 385 g/mol. The minimum Gasteiger partial charge on any atom is -0.361 e. The van der Waals surface area contributed by atoms with E-state index in [1.54, 1.807) is 13.1 Å². The number of H-pyrrole nitrogens is 1. The van der Waals surface area contributed by atoms with Crippen LogP contribution >= 0.6 is 0 Å². The number of nitrogens with zero attached hydrogens (tertiary/aromatic N) is 4. The van der Waals surface area contributed by atoms with Gasteiger partial charge in [0.1, 0.15) is 22.6 Å². The van der Waals surface area contributed by atoms with Gasteiger partial charge in [-0.25, -0.2) is 14.1 Å². The second-order valence-corrected chi connectivity index (χ2v) is 8.58. The molecule has 0 aromatic carbocycles. The van der Waals surface area contributed by atoms with Gasteiger partial charge >= 0.3 is 0 Å². The number of aromatic amines is 1. The van der Waals surface area contributed by atoms with E-state index in [1.165, 1.54) is 0 Å². The van der Waals surface area contributed by atoms with Crippen LogP contribution in [0.3, 0.4) is 0 Å². The van der Waals surface area contributed by atoms with E-state index in [1.807, 2.05) is 17.7 Å². The maximum absolute atomic E-state index is 14.2. The third kappa shape index (κ3) is 2.86. The van der Waals surface area contributed by atoms with E-state index < -0.39 is 5.67 Å². The number of hydrogen-bond donors (Lipinski definition) is 1. The molecule has 2 aliphatic rings. The number of aryl methyl sites for hydroxylation is 1. The Labute approximate surface area is 161 Å². The van der Waals surface area contributed by atoms with E-state index in [0.29, 0.717) is 42.5 Å². The highest BCUT2D eigenvalue weighted by molar-refractivity contribution is 5.73. The Balaban J connectivity index is 1.49. The molecule has 2 atom stereocenters. The summed E-state index contributed by atoms with van der Waals surface area (Å²) in [5.41, 5.74) is 0.180. The van der Waals surface area contributed by atoms with E-state index in [4.69, 9.17) is 9.51 Å². The molecule has 2 aliphatic carbocycles. The molecule has 3 aromatic rings. The van der Waals surface area contributed by atoms with Crippen LogP contribution in [0.25, 0.3) is 11.0 Å². The summed E-state index contributed by atoms with van der Waals surface area (Å²) in [6.07, 6.45) is 5.92. The molecule has 28 heavy (non-hydrogen) atoms. The predicted molar refractivity (Wildman–Crippen MR) is 101 cm³/mol. The molecule has 1 N–H and O–H groups in total. The van der Waals surface area contributed by atoms with Crippen LogP contribution in [-0.2, 0) is 0 Å². The smallest absolute Gasteiger partial charge is 0.262 e. The molecule has 3 aromatic heterocycles. The highest BCUT2D eigenvalue weighted by Gasteiger charge is 2.38. The van der Waals surface area contributed by atoms with Crippen molar-refractivity contribution in [1.82, 2.24) is 24.9 Å². The molecule has 0 radical (unpaired) electrons. The third-order valence-corrected chi connectivity index (χ3v) is 6.46. The monoisotopic (exact) mass is 385 g/mol. The second kappa shape index (κ2) is 6.25. The van der Waals surface area contributed by atoms with Crippen molar-refractivity contribution < 1.29 is 8.91 Å². The summed E-state index contributed by atoms with van der Waals surface area (Å²) in [6.45, 7) is 3.56. The van der Waals surface area contributed by atoms with E-state index in [9.17, 15) is 9.18 Å². The van der Waals surface area contributed by atoms with Crippen molar-refractivity contribution >= 4 is 11.0 Å². The Kier molecular flexibility index (Phi) is 3.93. The lowest BCUT2D eigenvalue weighted by molar-refractivity contribution is 0.103. The van der Waals surface area contributed by atoms with Crippen LogP contribution in [0, 0.1) is 6.92 Å². The lowest BCUT2D eigenvalue weighted by Gasteiger charge is -2.34. The van der Waals surface area contributed by atoms with Crippen molar-refractivity contribution in [3.05, 3.63) is 39.9 Å². The Morgan fingerprint density at radius 2 is 2.00 bits per heavy atom. The summed E-state index contributed by atoms with van der Waals surface area (Å²) in [5, 5.41) is 8.91.